The molecule has 2 aromatic carbocycles. The zero-order chi connectivity index (χ0) is 30.2. The fourth-order valence-corrected chi connectivity index (χ4v) is 8.61. The minimum absolute atomic E-state index is 0.0411. The second-order valence-electron chi connectivity index (χ2n) is 11.1. The number of fused-ring (bicyclic) bond motifs is 1. The summed E-state index contributed by atoms with van der Waals surface area (Å²) in [4.78, 5) is 16.5. The van der Waals surface area contributed by atoms with E-state index in [2.05, 4.69) is 83.3 Å². The predicted octanol–water partition coefficient (Wildman–Crippen LogP) is 9.24. The Labute approximate surface area is 274 Å². The number of rotatable bonds is 7. The molecule has 5 aromatic rings. The number of halogens is 1. The Bertz CT molecular complexity index is 1880. The highest BCUT2D eigenvalue weighted by molar-refractivity contribution is 7.99. The molecular formula is C34H30ClN5OS3. The third kappa shape index (κ3) is 5.58. The molecule has 7 rings (SSSR count). The fraction of sp³-hybridized carbons (Fsp3) is 0.235. The topological polar surface area (TPSA) is 63.4 Å². The lowest BCUT2D eigenvalue weighted by Crippen LogP contribution is -2.32. The van der Waals surface area contributed by atoms with E-state index in [0.717, 1.165) is 47.4 Å². The summed E-state index contributed by atoms with van der Waals surface area (Å²) in [6.07, 6.45) is 5.34. The van der Waals surface area contributed by atoms with Gasteiger partial charge in [-0.3, -0.25) is 9.36 Å². The molecule has 0 spiro atoms. The molecule has 4 heterocycles. The van der Waals surface area contributed by atoms with E-state index in [0.29, 0.717) is 16.0 Å². The lowest BCUT2D eigenvalue weighted by Gasteiger charge is -2.28. The molecule has 222 valence electrons. The first kappa shape index (κ1) is 29.2. The number of aryl methyl sites for hydroxylation is 2. The molecule has 0 unspecified atom stereocenters. The second kappa shape index (κ2) is 12.5. The van der Waals surface area contributed by atoms with Crippen molar-refractivity contribution in [3.8, 4) is 17.1 Å². The molecular weight excluding hydrogens is 626 g/mol. The van der Waals surface area contributed by atoms with Gasteiger partial charge in [0.2, 0.25) is 0 Å². The minimum Gasteiger partial charge on any atom is -0.272 e. The molecule has 1 aliphatic carbocycles. The molecule has 0 N–H and O–H groups in total. The van der Waals surface area contributed by atoms with Gasteiger partial charge in [0.25, 0.3) is 5.91 Å². The van der Waals surface area contributed by atoms with E-state index in [9.17, 15) is 4.79 Å². The summed E-state index contributed by atoms with van der Waals surface area (Å²) >= 11 is 11.4. The van der Waals surface area contributed by atoms with Crippen molar-refractivity contribution in [2.45, 2.75) is 44.3 Å². The monoisotopic (exact) mass is 655 g/mol. The third-order valence-electron chi connectivity index (χ3n) is 8.13. The van der Waals surface area contributed by atoms with Gasteiger partial charge < -0.3 is 0 Å². The van der Waals surface area contributed by atoms with Crippen LogP contribution in [0.5, 0.6) is 0 Å². The Kier molecular flexibility index (Phi) is 8.29. The highest BCUT2D eigenvalue weighted by Crippen LogP contribution is 2.46. The summed E-state index contributed by atoms with van der Waals surface area (Å²) in [7, 11) is 0. The predicted molar refractivity (Wildman–Crippen MR) is 183 cm³/mol. The van der Waals surface area contributed by atoms with Crippen LogP contribution in [0.4, 0.5) is 0 Å². The van der Waals surface area contributed by atoms with Crippen molar-refractivity contribution in [1.29, 1.82) is 0 Å². The number of carbonyl (C=O) groups is 1. The van der Waals surface area contributed by atoms with Crippen molar-refractivity contribution >= 4 is 63.7 Å². The maximum absolute atomic E-state index is 14.1. The number of benzene rings is 2. The number of hydrazone groups is 1. The number of aromatic nitrogens is 3. The Hall–Kier alpha value is -3.50. The summed E-state index contributed by atoms with van der Waals surface area (Å²) in [5.41, 5.74) is 6.26. The number of carbonyl (C=O) groups excluding carboxylic acids is 1. The van der Waals surface area contributed by atoms with Crippen LogP contribution in [0.3, 0.4) is 0 Å². The number of allylic oxidation sites excluding steroid dienone is 1. The van der Waals surface area contributed by atoms with Crippen molar-refractivity contribution in [3.63, 3.8) is 0 Å². The van der Waals surface area contributed by atoms with Crippen LogP contribution in [-0.4, -0.2) is 37.1 Å². The lowest BCUT2D eigenvalue weighted by atomic mass is 9.79. The van der Waals surface area contributed by atoms with Crippen molar-refractivity contribution in [3.05, 3.63) is 109 Å². The molecule has 1 amide bonds. The molecule has 2 aliphatic rings. The molecule has 1 aliphatic heterocycles. The Morgan fingerprint density at radius 2 is 1.89 bits per heavy atom. The Morgan fingerprint density at radius 1 is 1.05 bits per heavy atom. The molecule has 2 atom stereocenters. The van der Waals surface area contributed by atoms with Gasteiger partial charge in [0.15, 0.2) is 11.0 Å². The zero-order valence-corrected chi connectivity index (χ0v) is 27.5. The smallest absolute Gasteiger partial charge is 0.253 e. The van der Waals surface area contributed by atoms with Crippen LogP contribution in [0.25, 0.3) is 23.2 Å². The second-order valence-corrected chi connectivity index (χ2v) is 14.4. The summed E-state index contributed by atoms with van der Waals surface area (Å²) in [5, 5.41) is 21.4. The van der Waals surface area contributed by atoms with E-state index in [1.54, 1.807) is 27.7 Å². The first-order chi connectivity index (χ1) is 21.5. The quantitative estimate of drug-likeness (QED) is 0.164. The van der Waals surface area contributed by atoms with Gasteiger partial charge in [0, 0.05) is 21.2 Å². The average molecular weight is 656 g/mol. The van der Waals surface area contributed by atoms with Crippen molar-refractivity contribution in [2.75, 3.05) is 5.75 Å². The van der Waals surface area contributed by atoms with Gasteiger partial charge in [-0.1, -0.05) is 59.8 Å². The van der Waals surface area contributed by atoms with Crippen molar-refractivity contribution in [1.82, 2.24) is 19.8 Å². The fourth-order valence-electron chi connectivity index (χ4n) is 6.04. The molecule has 10 heteroatoms. The first-order valence-corrected chi connectivity index (χ1v) is 17.7. The van der Waals surface area contributed by atoms with Gasteiger partial charge in [-0.05, 0) is 97.0 Å². The third-order valence-corrected chi connectivity index (χ3v) is 11.1. The van der Waals surface area contributed by atoms with Crippen molar-refractivity contribution in [2.24, 2.45) is 11.0 Å². The summed E-state index contributed by atoms with van der Waals surface area (Å²) < 4.78 is 2.02. The standard InChI is InChI=1S/C34H30ClN5OS3/c1-21-14-15-22(2)28(18-21)39-33(25-10-3-4-12-27(25)35)36-37-34(39)44-20-30(41)40-32(29-13-7-17-43-29)26-11-5-8-23(31(26)38-40)19-24-9-6-16-42-24/h3-4,6-7,9-10,12-19,26,32H,5,8,11,20H2,1-2H3/b23-19-/t26-,32-/m1/s1. The van der Waals surface area contributed by atoms with E-state index in [-0.39, 0.29) is 23.6 Å². The number of thiophene rings is 2. The van der Waals surface area contributed by atoms with Gasteiger partial charge in [-0.25, -0.2) is 5.01 Å². The summed E-state index contributed by atoms with van der Waals surface area (Å²) in [5.74, 6) is 0.973. The minimum atomic E-state index is -0.0966. The van der Waals surface area contributed by atoms with Crippen LogP contribution in [0.15, 0.2) is 93.3 Å². The van der Waals surface area contributed by atoms with E-state index in [1.807, 2.05) is 28.8 Å². The zero-order valence-electron chi connectivity index (χ0n) is 24.3. The van der Waals surface area contributed by atoms with Gasteiger partial charge in [-0.15, -0.1) is 32.9 Å². The normalized spacial score (nSPS) is 18.9. The molecule has 0 saturated heterocycles. The van der Waals surface area contributed by atoms with Gasteiger partial charge >= 0.3 is 0 Å². The molecule has 44 heavy (non-hydrogen) atoms. The molecule has 6 nitrogen and oxygen atoms in total. The van der Waals surface area contributed by atoms with E-state index in [4.69, 9.17) is 16.7 Å². The van der Waals surface area contributed by atoms with Crippen LogP contribution < -0.4 is 0 Å². The molecule has 1 fully saturated rings. The average Bonchev–Trinajstić information content (AvgIpc) is 3.84. The highest BCUT2D eigenvalue weighted by Gasteiger charge is 2.44. The summed E-state index contributed by atoms with van der Waals surface area (Å²) in [6, 6.07) is 22.3. The van der Waals surface area contributed by atoms with E-state index < -0.39 is 0 Å². The largest absolute Gasteiger partial charge is 0.272 e. The lowest BCUT2D eigenvalue weighted by molar-refractivity contribution is -0.130. The van der Waals surface area contributed by atoms with E-state index in [1.165, 1.54) is 27.1 Å². The Morgan fingerprint density at radius 3 is 2.68 bits per heavy atom. The Balaban J connectivity index is 1.23. The number of nitrogens with zero attached hydrogens (tertiary/aromatic N) is 5. The number of thioether (sulfide) groups is 1. The van der Waals surface area contributed by atoms with Crippen LogP contribution in [0.1, 0.15) is 46.2 Å². The molecule has 3 aromatic heterocycles. The number of amides is 1. The number of hydrogen-bond donors (Lipinski definition) is 0. The number of hydrogen-bond acceptors (Lipinski definition) is 7. The van der Waals surface area contributed by atoms with Crippen LogP contribution in [-0.2, 0) is 4.79 Å². The van der Waals surface area contributed by atoms with Crippen LogP contribution >= 0.6 is 46.0 Å². The van der Waals surface area contributed by atoms with Gasteiger partial charge in [0.05, 0.1) is 28.2 Å². The maximum Gasteiger partial charge on any atom is 0.253 e. The molecule has 0 radical (unpaired) electrons. The first-order valence-electron chi connectivity index (χ1n) is 14.6. The van der Waals surface area contributed by atoms with Crippen LogP contribution in [0.2, 0.25) is 5.02 Å². The van der Waals surface area contributed by atoms with Crippen LogP contribution in [0, 0.1) is 19.8 Å². The highest BCUT2D eigenvalue weighted by atomic mass is 35.5. The van der Waals surface area contributed by atoms with Crippen molar-refractivity contribution < 1.29 is 4.79 Å². The van der Waals surface area contributed by atoms with Gasteiger partial charge in [0.1, 0.15) is 0 Å². The summed E-state index contributed by atoms with van der Waals surface area (Å²) in [6.45, 7) is 4.14. The molecule has 1 saturated carbocycles. The SMILES string of the molecule is Cc1ccc(C)c(-n2c(SCC(=O)N3N=C4/C(=C\c5cccs5)CCC[C@H]4[C@@H]3c3cccs3)nnc2-c2ccccc2Cl)c1. The van der Waals surface area contributed by atoms with E-state index >= 15 is 0 Å². The van der Waals surface area contributed by atoms with Gasteiger partial charge in [-0.2, -0.15) is 5.10 Å². The molecule has 0 bridgehead atoms. The maximum atomic E-state index is 14.1.